The van der Waals surface area contributed by atoms with Crippen LogP contribution in [0.2, 0.25) is 0 Å². The summed E-state index contributed by atoms with van der Waals surface area (Å²) in [4.78, 5) is 0. The molecule has 2 nitrogen and oxygen atoms in total. The Morgan fingerprint density at radius 1 is 1.10 bits per heavy atom. The van der Waals surface area contributed by atoms with E-state index in [4.69, 9.17) is 5.10 Å². The van der Waals surface area contributed by atoms with E-state index in [0.717, 1.165) is 13.0 Å². The molecule has 1 aromatic carbocycles. The summed E-state index contributed by atoms with van der Waals surface area (Å²) in [6.45, 7) is 7.88. The van der Waals surface area contributed by atoms with Crippen LogP contribution in [-0.2, 0) is 0 Å². The number of hydrazone groups is 1. The molecule has 1 aliphatic heterocycles. The summed E-state index contributed by atoms with van der Waals surface area (Å²) in [6, 6.07) is 11.5. The van der Waals surface area contributed by atoms with Crippen molar-refractivity contribution in [2.75, 3.05) is 6.54 Å². The lowest BCUT2D eigenvalue weighted by Crippen LogP contribution is -2.29. The van der Waals surface area contributed by atoms with Crippen molar-refractivity contribution in [2.24, 2.45) is 5.10 Å². The second-order valence-electron chi connectivity index (χ2n) is 6.10. The first-order valence-electron chi connectivity index (χ1n) is 8.69. The van der Waals surface area contributed by atoms with Crippen LogP contribution in [0.1, 0.15) is 70.8 Å². The summed E-state index contributed by atoms with van der Waals surface area (Å²) >= 11 is 0. The molecule has 0 saturated heterocycles. The Kier molecular flexibility index (Phi) is 6.28. The summed E-state index contributed by atoms with van der Waals surface area (Å²) in [7, 11) is 0. The largest absolute Gasteiger partial charge is 0.293 e. The third-order valence-corrected chi connectivity index (χ3v) is 4.63. The minimum Gasteiger partial charge on any atom is -0.293 e. The van der Waals surface area contributed by atoms with E-state index in [9.17, 15) is 0 Å². The number of hydrogen-bond acceptors (Lipinski definition) is 2. The van der Waals surface area contributed by atoms with Gasteiger partial charge in [-0.3, -0.25) is 5.01 Å². The van der Waals surface area contributed by atoms with Gasteiger partial charge in [-0.15, -0.1) is 0 Å². The van der Waals surface area contributed by atoms with Gasteiger partial charge in [0.1, 0.15) is 0 Å². The van der Waals surface area contributed by atoms with Crippen molar-refractivity contribution in [2.45, 2.75) is 71.3 Å². The molecule has 1 atom stereocenters. The molecule has 1 aliphatic rings. The van der Waals surface area contributed by atoms with Crippen LogP contribution >= 0.6 is 0 Å². The number of nitrogens with zero attached hydrogens (tertiary/aromatic N) is 2. The van der Waals surface area contributed by atoms with Gasteiger partial charge in [0.15, 0.2) is 0 Å². The van der Waals surface area contributed by atoms with Gasteiger partial charge in [0.05, 0.1) is 0 Å². The van der Waals surface area contributed by atoms with Gasteiger partial charge in [0, 0.05) is 24.2 Å². The van der Waals surface area contributed by atoms with E-state index in [1.54, 1.807) is 0 Å². The van der Waals surface area contributed by atoms with Crippen molar-refractivity contribution in [3.63, 3.8) is 0 Å². The number of hydrogen-bond donors (Lipinski definition) is 0. The maximum atomic E-state index is 5.01. The molecule has 1 aromatic rings. The predicted octanol–water partition coefficient (Wildman–Crippen LogP) is 5.21. The molecule has 0 bridgehead atoms. The fourth-order valence-electron chi connectivity index (χ4n) is 3.27. The Balaban J connectivity index is 2.13. The van der Waals surface area contributed by atoms with E-state index in [-0.39, 0.29) is 0 Å². The molecule has 0 radical (unpaired) electrons. The van der Waals surface area contributed by atoms with Crippen LogP contribution in [0.4, 0.5) is 0 Å². The Morgan fingerprint density at radius 2 is 1.81 bits per heavy atom. The molecular weight excluding hydrogens is 256 g/mol. The highest BCUT2D eigenvalue weighted by Gasteiger charge is 2.30. The smallest absolute Gasteiger partial charge is 0.0485 e. The summed E-state index contributed by atoms with van der Waals surface area (Å²) < 4.78 is 0. The Hall–Kier alpha value is -1.31. The van der Waals surface area contributed by atoms with Crippen LogP contribution in [0.3, 0.4) is 0 Å². The first-order chi connectivity index (χ1) is 10.3. The van der Waals surface area contributed by atoms with Gasteiger partial charge in [0.25, 0.3) is 0 Å². The van der Waals surface area contributed by atoms with Crippen LogP contribution in [-0.4, -0.2) is 23.3 Å². The minimum atomic E-state index is 0.503. The van der Waals surface area contributed by atoms with E-state index < -0.39 is 0 Å². The van der Waals surface area contributed by atoms with E-state index in [1.807, 2.05) is 0 Å². The van der Waals surface area contributed by atoms with Gasteiger partial charge in [-0.2, -0.15) is 5.10 Å². The zero-order valence-corrected chi connectivity index (χ0v) is 13.9. The van der Waals surface area contributed by atoms with Crippen LogP contribution in [0.15, 0.2) is 35.4 Å². The average Bonchev–Trinajstić information content (AvgIpc) is 2.94. The molecule has 0 aromatic heterocycles. The first kappa shape index (κ1) is 16.1. The summed E-state index contributed by atoms with van der Waals surface area (Å²) in [6.07, 6.45) is 7.39. The SMILES string of the molecule is CCCCCC1=NN(C(CC)CC)CC1c1ccccc1. The summed E-state index contributed by atoms with van der Waals surface area (Å²) in [5.74, 6) is 0.503. The van der Waals surface area contributed by atoms with E-state index in [0.29, 0.717) is 12.0 Å². The van der Waals surface area contributed by atoms with Crippen molar-refractivity contribution < 1.29 is 0 Å². The number of unbranched alkanes of at least 4 members (excludes halogenated alkanes) is 2. The zero-order chi connectivity index (χ0) is 15.1. The third kappa shape index (κ3) is 4.09. The molecule has 2 heteroatoms. The molecule has 0 aliphatic carbocycles. The van der Waals surface area contributed by atoms with Crippen molar-refractivity contribution in [1.29, 1.82) is 0 Å². The molecule has 1 heterocycles. The predicted molar refractivity (Wildman–Crippen MR) is 91.8 cm³/mol. The van der Waals surface area contributed by atoms with E-state index in [1.165, 1.54) is 43.4 Å². The van der Waals surface area contributed by atoms with Crippen molar-refractivity contribution in [3.05, 3.63) is 35.9 Å². The fraction of sp³-hybridized carbons (Fsp3) is 0.632. The van der Waals surface area contributed by atoms with Gasteiger partial charge >= 0.3 is 0 Å². The van der Waals surface area contributed by atoms with Gasteiger partial charge in [-0.1, -0.05) is 63.9 Å². The van der Waals surface area contributed by atoms with Gasteiger partial charge in [-0.05, 0) is 31.2 Å². The monoisotopic (exact) mass is 286 g/mol. The maximum Gasteiger partial charge on any atom is 0.0485 e. The topological polar surface area (TPSA) is 15.6 Å². The van der Waals surface area contributed by atoms with Crippen LogP contribution in [0, 0.1) is 0 Å². The van der Waals surface area contributed by atoms with Gasteiger partial charge < -0.3 is 0 Å². The maximum absolute atomic E-state index is 5.01. The second-order valence-corrected chi connectivity index (χ2v) is 6.10. The molecule has 1 unspecified atom stereocenters. The molecule has 21 heavy (non-hydrogen) atoms. The third-order valence-electron chi connectivity index (χ3n) is 4.63. The zero-order valence-electron chi connectivity index (χ0n) is 13.9. The molecule has 0 saturated carbocycles. The second kappa shape index (κ2) is 8.21. The molecule has 0 fully saturated rings. The Morgan fingerprint density at radius 3 is 2.43 bits per heavy atom. The minimum absolute atomic E-state index is 0.503. The van der Waals surface area contributed by atoms with Crippen LogP contribution in [0.25, 0.3) is 0 Å². The van der Waals surface area contributed by atoms with Gasteiger partial charge in [0.2, 0.25) is 0 Å². The molecule has 0 N–H and O–H groups in total. The Bertz CT molecular complexity index is 434. The highest BCUT2D eigenvalue weighted by Crippen LogP contribution is 2.30. The first-order valence-corrected chi connectivity index (χ1v) is 8.69. The van der Waals surface area contributed by atoms with Crippen molar-refractivity contribution >= 4 is 5.71 Å². The standard InChI is InChI=1S/C19H30N2/c1-4-7-9-14-19-18(16-12-10-8-11-13-16)15-21(20-19)17(5-2)6-3/h8,10-13,17-18H,4-7,9,14-15H2,1-3H3. The molecule has 0 spiro atoms. The number of rotatable bonds is 8. The Labute approximate surface area is 130 Å². The fourth-order valence-corrected chi connectivity index (χ4v) is 3.27. The van der Waals surface area contributed by atoms with Crippen LogP contribution < -0.4 is 0 Å². The van der Waals surface area contributed by atoms with Crippen molar-refractivity contribution in [1.82, 2.24) is 5.01 Å². The summed E-state index contributed by atoms with van der Waals surface area (Å²) in [5, 5.41) is 7.37. The molecular formula is C19H30N2. The van der Waals surface area contributed by atoms with Gasteiger partial charge in [-0.25, -0.2) is 0 Å². The molecule has 2 rings (SSSR count). The molecule has 0 amide bonds. The lowest BCUT2D eigenvalue weighted by atomic mass is 9.91. The highest BCUT2D eigenvalue weighted by atomic mass is 15.5. The van der Waals surface area contributed by atoms with E-state index in [2.05, 4.69) is 56.1 Å². The quantitative estimate of drug-likeness (QED) is 0.599. The lowest BCUT2D eigenvalue weighted by molar-refractivity contribution is 0.209. The lowest BCUT2D eigenvalue weighted by Gasteiger charge is -2.25. The number of benzene rings is 1. The van der Waals surface area contributed by atoms with Crippen LogP contribution in [0.5, 0.6) is 0 Å². The summed E-state index contributed by atoms with van der Waals surface area (Å²) in [5.41, 5.74) is 2.84. The normalized spacial score (nSPS) is 18.4. The van der Waals surface area contributed by atoms with E-state index >= 15 is 0 Å². The van der Waals surface area contributed by atoms with Crippen molar-refractivity contribution in [3.8, 4) is 0 Å². The molecule has 116 valence electrons. The average molecular weight is 286 g/mol. The highest BCUT2D eigenvalue weighted by molar-refractivity contribution is 5.92.